The first-order chi connectivity index (χ1) is 9.29. The van der Waals surface area contributed by atoms with E-state index in [1.165, 1.54) is 6.42 Å². The van der Waals surface area contributed by atoms with Crippen molar-refractivity contribution in [3.63, 3.8) is 0 Å². The number of aliphatic hydroxyl groups excluding tert-OH is 1. The number of aromatic nitrogens is 2. The summed E-state index contributed by atoms with van der Waals surface area (Å²) in [7, 11) is 0. The van der Waals surface area contributed by atoms with Crippen LogP contribution < -0.4 is 0 Å². The van der Waals surface area contributed by atoms with E-state index in [1.54, 1.807) is 0 Å². The molecule has 0 aromatic carbocycles. The van der Waals surface area contributed by atoms with Crippen LogP contribution in [0.4, 0.5) is 0 Å². The first-order valence-corrected chi connectivity index (χ1v) is 7.26. The van der Waals surface area contributed by atoms with Crippen LogP contribution in [0.1, 0.15) is 47.4 Å². The molecule has 0 spiro atoms. The Morgan fingerprint density at radius 3 is 3.05 bits per heavy atom. The van der Waals surface area contributed by atoms with Crippen LogP contribution in [0.25, 0.3) is 0 Å². The number of piperidine rings is 1. The van der Waals surface area contributed by atoms with Crippen LogP contribution in [0.2, 0.25) is 0 Å². The van der Waals surface area contributed by atoms with E-state index >= 15 is 0 Å². The molecule has 1 aromatic heterocycles. The molecule has 2 N–H and O–H groups in total. The molecule has 1 amide bonds. The summed E-state index contributed by atoms with van der Waals surface area (Å²) < 4.78 is 0. The molecule has 5 heteroatoms. The predicted molar refractivity (Wildman–Crippen MR) is 70.9 cm³/mol. The maximum absolute atomic E-state index is 12.6. The van der Waals surface area contributed by atoms with Crippen LogP contribution in [0, 0.1) is 5.92 Å². The molecule has 1 unspecified atom stereocenters. The number of carbonyl (C=O) groups excluding carboxylic acids is 1. The number of hydrogen-bond acceptors (Lipinski definition) is 3. The van der Waals surface area contributed by atoms with Crippen molar-refractivity contribution in [3.05, 3.63) is 17.0 Å². The highest BCUT2D eigenvalue weighted by atomic mass is 16.3. The van der Waals surface area contributed by atoms with Crippen molar-refractivity contribution in [3.8, 4) is 0 Å². The smallest absolute Gasteiger partial charge is 0.274 e. The number of carbonyl (C=O) groups is 1. The second-order valence-corrected chi connectivity index (χ2v) is 5.68. The van der Waals surface area contributed by atoms with Crippen LogP contribution in [0.5, 0.6) is 0 Å². The van der Waals surface area contributed by atoms with Crippen LogP contribution >= 0.6 is 0 Å². The normalized spacial score (nSPS) is 23.2. The molecule has 0 bridgehead atoms. The van der Waals surface area contributed by atoms with Crippen molar-refractivity contribution in [2.75, 3.05) is 19.7 Å². The highest BCUT2D eigenvalue weighted by Crippen LogP contribution is 2.24. The molecule has 2 heterocycles. The van der Waals surface area contributed by atoms with E-state index in [0.29, 0.717) is 12.2 Å². The summed E-state index contributed by atoms with van der Waals surface area (Å²) in [5.74, 6) is 0.269. The van der Waals surface area contributed by atoms with Gasteiger partial charge >= 0.3 is 0 Å². The minimum atomic E-state index is 0.0394. The Morgan fingerprint density at radius 1 is 1.37 bits per heavy atom. The number of likely N-dealkylation sites (tertiary alicyclic amines) is 1. The minimum Gasteiger partial charge on any atom is -0.396 e. The van der Waals surface area contributed by atoms with Crippen LogP contribution in [-0.4, -0.2) is 45.8 Å². The zero-order valence-corrected chi connectivity index (χ0v) is 11.2. The van der Waals surface area contributed by atoms with E-state index in [9.17, 15) is 9.90 Å². The van der Waals surface area contributed by atoms with Gasteiger partial charge in [0.1, 0.15) is 0 Å². The van der Waals surface area contributed by atoms with Crippen LogP contribution in [0.3, 0.4) is 0 Å². The first kappa shape index (κ1) is 12.7. The quantitative estimate of drug-likeness (QED) is 0.840. The Bertz CT molecular complexity index is 469. The van der Waals surface area contributed by atoms with Crippen molar-refractivity contribution in [1.29, 1.82) is 0 Å². The SMILES string of the molecule is O=C(c1n[nH]c2c1CCCC2)N1CCCC(CO)C1. The number of amides is 1. The van der Waals surface area contributed by atoms with E-state index in [0.717, 1.165) is 49.9 Å². The number of aliphatic hydroxyl groups is 1. The monoisotopic (exact) mass is 263 g/mol. The van der Waals surface area contributed by atoms with Crippen molar-refractivity contribution in [1.82, 2.24) is 15.1 Å². The minimum absolute atomic E-state index is 0.0394. The van der Waals surface area contributed by atoms with Gasteiger partial charge in [0.15, 0.2) is 5.69 Å². The highest BCUT2D eigenvalue weighted by molar-refractivity contribution is 5.94. The Balaban J connectivity index is 1.78. The fraction of sp³-hybridized carbons (Fsp3) is 0.714. The molecular formula is C14H21N3O2. The van der Waals surface area contributed by atoms with Gasteiger partial charge in [0.05, 0.1) is 0 Å². The predicted octanol–water partition coefficient (Wildman–Crippen LogP) is 1.13. The van der Waals surface area contributed by atoms with E-state index in [4.69, 9.17) is 0 Å². The van der Waals surface area contributed by atoms with Gasteiger partial charge in [-0.2, -0.15) is 5.10 Å². The summed E-state index contributed by atoms with van der Waals surface area (Å²) in [5, 5.41) is 16.5. The van der Waals surface area contributed by atoms with Crippen LogP contribution in [-0.2, 0) is 12.8 Å². The van der Waals surface area contributed by atoms with E-state index < -0.39 is 0 Å². The van der Waals surface area contributed by atoms with Crippen LogP contribution in [0.15, 0.2) is 0 Å². The number of nitrogens with zero attached hydrogens (tertiary/aromatic N) is 2. The molecule has 0 saturated carbocycles. The van der Waals surface area contributed by atoms with E-state index in [2.05, 4.69) is 10.2 Å². The van der Waals surface area contributed by atoms with Gasteiger partial charge in [0.25, 0.3) is 5.91 Å². The summed E-state index contributed by atoms with van der Waals surface area (Å²) in [4.78, 5) is 14.4. The second kappa shape index (κ2) is 5.33. The first-order valence-electron chi connectivity index (χ1n) is 7.26. The Morgan fingerprint density at radius 2 is 2.21 bits per heavy atom. The van der Waals surface area contributed by atoms with Crippen molar-refractivity contribution < 1.29 is 9.90 Å². The average molecular weight is 263 g/mol. The zero-order valence-electron chi connectivity index (χ0n) is 11.2. The van der Waals surface area contributed by atoms with Gasteiger partial charge in [-0.3, -0.25) is 9.89 Å². The molecule has 0 radical (unpaired) electrons. The lowest BCUT2D eigenvalue weighted by atomic mass is 9.94. The average Bonchev–Trinajstić information content (AvgIpc) is 2.90. The molecule has 3 rings (SSSR count). The lowest BCUT2D eigenvalue weighted by molar-refractivity contribution is 0.0614. The third-order valence-corrected chi connectivity index (χ3v) is 4.32. The fourth-order valence-corrected chi connectivity index (χ4v) is 3.21. The highest BCUT2D eigenvalue weighted by Gasteiger charge is 2.28. The Kier molecular flexibility index (Phi) is 3.55. The van der Waals surface area contributed by atoms with Gasteiger partial charge in [-0.1, -0.05) is 0 Å². The maximum atomic E-state index is 12.6. The summed E-state index contributed by atoms with van der Waals surface area (Å²) in [5.41, 5.74) is 2.89. The Hall–Kier alpha value is -1.36. The molecule has 1 atom stereocenters. The van der Waals surface area contributed by atoms with Gasteiger partial charge in [-0.25, -0.2) is 0 Å². The molecule has 2 aliphatic rings. The maximum Gasteiger partial charge on any atom is 0.274 e. The molecule has 1 aliphatic carbocycles. The number of aromatic amines is 1. The third-order valence-electron chi connectivity index (χ3n) is 4.32. The van der Waals surface area contributed by atoms with Gasteiger partial charge < -0.3 is 10.0 Å². The Labute approximate surface area is 113 Å². The fourth-order valence-electron chi connectivity index (χ4n) is 3.21. The second-order valence-electron chi connectivity index (χ2n) is 5.68. The molecule has 1 aromatic rings. The summed E-state index contributed by atoms with van der Waals surface area (Å²) in [6.07, 6.45) is 6.28. The zero-order chi connectivity index (χ0) is 13.2. The van der Waals surface area contributed by atoms with Crippen molar-refractivity contribution in [2.45, 2.75) is 38.5 Å². The van der Waals surface area contributed by atoms with E-state index in [1.807, 2.05) is 4.90 Å². The number of nitrogens with one attached hydrogen (secondary N) is 1. The summed E-state index contributed by atoms with van der Waals surface area (Å²) >= 11 is 0. The largest absolute Gasteiger partial charge is 0.396 e. The lowest BCUT2D eigenvalue weighted by Gasteiger charge is -2.31. The number of rotatable bonds is 2. The van der Waals surface area contributed by atoms with Crippen molar-refractivity contribution in [2.24, 2.45) is 5.92 Å². The molecule has 1 saturated heterocycles. The van der Waals surface area contributed by atoms with Gasteiger partial charge in [-0.15, -0.1) is 0 Å². The number of hydrogen-bond donors (Lipinski definition) is 2. The molecule has 19 heavy (non-hydrogen) atoms. The number of aryl methyl sites for hydroxylation is 1. The summed E-state index contributed by atoms with van der Waals surface area (Å²) in [6, 6.07) is 0. The molecular weight excluding hydrogens is 242 g/mol. The topological polar surface area (TPSA) is 69.2 Å². The van der Waals surface area contributed by atoms with Crippen molar-refractivity contribution >= 4 is 5.91 Å². The molecule has 1 aliphatic heterocycles. The summed E-state index contributed by atoms with van der Waals surface area (Å²) in [6.45, 7) is 1.62. The van der Waals surface area contributed by atoms with E-state index in [-0.39, 0.29) is 18.4 Å². The molecule has 5 nitrogen and oxygen atoms in total. The lowest BCUT2D eigenvalue weighted by Crippen LogP contribution is -2.41. The molecule has 1 fully saturated rings. The van der Waals surface area contributed by atoms with Gasteiger partial charge in [0, 0.05) is 31.0 Å². The van der Waals surface area contributed by atoms with Gasteiger partial charge in [0.2, 0.25) is 0 Å². The standard InChI is InChI=1S/C14H21N3O2/c18-9-10-4-3-7-17(8-10)14(19)13-11-5-1-2-6-12(11)15-16-13/h10,18H,1-9H2,(H,15,16). The van der Waals surface area contributed by atoms with Gasteiger partial charge in [-0.05, 0) is 44.4 Å². The number of fused-ring (bicyclic) bond motifs is 1. The third kappa shape index (κ3) is 2.39. The number of H-pyrrole nitrogens is 1. The molecule has 104 valence electrons.